The van der Waals surface area contributed by atoms with Crippen molar-refractivity contribution in [1.29, 1.82) is 5.26 Å². The monoisotopic (exact) mass is 464 g/mol. The number of fused-ring (bicyclic) bond motifs is 6. The van der Waals surface area contributed by atoms with Crippen molar-refractivity contribution in [2.45, 2.75) is 0 Å². The van der Waals surface area contributed by atoms with E-state index in [1.807, 2.05) is 48.5 Å². The second kappa shape index (κ2) is 7.33. The number of nitrogens with zero attached hydrogens (tertiary/aromatic N) is 4. The van der Waals surface area contributed by atoms with Crippen LogP contribution < -0.4 is 0 Å². The number of hydrogen-bond donors (Lipinski definition) is 0. The molecule has 0 aliphatic heterocycles. The van der Waals surface area contributed by atoms with Gasteiger partial charge in [-0.25, -0.2) is 4.85 Å². The lowest BCUT2D eigenvalue weighted by atomic mass is 10.2. The lowest BCUT2D eigenvalue weighted by Gasteiger charge is -2.06. The minimum Gasteiger partial charge on any atom is -0.310 e. The van der Waals surface area contributed by atoms with Crippen LogP contribution >= 0.6 is 11.3 Å². The highest BCUT2D eigenvalue weighted by Gasteiger charge is 2.25. The number of nitriles is 1. The van der Waals surface area contributed by atoms with E-state index in [1.54, 1.807) is 0 Å². The Morgan fingerprint density at radius 2 is 0.971 bits per heavy atom. The topological polar surface area (TPSA) is 38.0 Å². The summed E-state index contributed by atoms with van der Waals surface area (Å²) in [6, 6.07) is 35.3. The van der Waals surface area contributed by atoms with Gasteiger partial charge in [-0.05, 0) is 24.3 Å². The molecule has 0 N–H and O–H groups in total. The molecule has 162 valence electrons. The fourth-order valence-electron chi connectivity index (χ4n) is 5.20. The number of benzene rings is 4. The van der Waals surface area contributed by atoms with Crippen molar-refractivity contribution in [3.63, 3.8) is 0 Å². The maximum absolute atomic E-state index is 10.3. The van der Waals surface area contributed by atoms with E-state index in [4.69, 9.17) is 6.57 Å². The Balaban J connectivity index is 1.65. The number of rotatable bonds is 2. The van der Waals surface area contributed by atoms with Crippen LogP contribution in [0.3, 0.4) is 0 Å². The van der Waals surface area contributed by atoms with E-state index in [2.05, 4.69) is 68.6 Å². The summed E-state index contributed by atoms with van der Waals surface area (Å²) in [5, 5.41) is 16.4. The van der Waals surface area contributed by atoms with Crippen LogP contribution in [0.1, 0.15) is 5.56 Å². The molecule has 0 aliphatic carbocycles. The Labute approximate surface area is 204 Å². The molecule has 3 aromatic heterocycles. The number of hydrogen-bond acceptors (Lipinski definition) is 2. The summed E-state index contributed by atoms with van der Waals surface area (Å²) < 4.78 is 4.28. The Hall–Kier alpha value is -4.84. The van der Waals surface area contributed by atoms with Crippen molar-refractivity contribution in [2.75, 3.05) is 0 Å². The fourth-order valence-corrected chi connectivity index (χ4v) is 6.44. The van der Waals surface area contributed by atoms with Gasteiger partial charge in [0.25, 0.3) is 0 Å². The number of aromatic nitrogens is 2. The molecule has 5 heteroatoms. The summed E-state index contributed by atoms with van der Waals surface area (Å²) >= 11 is 1.50. The smallest absolute Gasteiger partial charge is 0.240 e. The first kappa shape index (κ1) is 19.6. The van der Waals surface area contributed by atoms with E-state index in [9.17, 15) is 5.26 Å². The normalized spacial score (nSPS) is 11.4. The average molecular weight is 465 g/mol. The summed E-state index contributed by atoms with van der Waals surface area (Å²) in [5.41, 5.74) is 4.90. The fraction of sp³-hybridized carbons (Fsp3) is 0. The molecule has 0 saturated carbocycles. The highest BCUT2D eigenvalue weighted by Crippen LogP contribution is 2.46. The molecule has 0 bridgehead atoms. The first-order valence-electron chi connectivity index (χ1n) is 11.2. The first-order chi connectivity index (χ1) is 17.3. The van der Waals surface area contributed by atoms with Gasteiger partial charge in [-0.15, -0.1) is 11.3 Å². The Kier molecular flexibility index (Phi) is 4.11. The maximum Gasteiger partial charge on any atom is 0.240 e. The van der Waals surface area contributed by atoms with E-state index in [0.29, 0.717) is 11.3 Å². The van der Waals surface area contributed by atoms with Crippen molar-refractivity contribution in [2.24, 2.45) is 0 Å². The van der Waals surface area contributed by atoms with Gasteiger partial charge in [0.1, 0.15) is 10.0 Å². The van der Waals surface area contributed by atoms with Gasteiger partial charge in [0.05, 0.1) is 40.3 Å². The zero-order valence-corrected chi connectivity index (χ0v) is 19.3. The van der Waals surface area contributed by atoms with Gasteiger partial charge >= 0.3 is 0 Å². The van der Waals surface area contributed by atoms with E-state index in [0.717, 1.165) is 53.6 Å². The largest absolute Gasteiger partial charge is 0.310 e. The Morgan fingerprint density at radius 3 is 1.34 bits per heavy atom. The zero-order chi connectivity index (χ0) is 23.5. The van der Waals surface area contributed by atoms with E-state index in [1.165, 1.54) is 11.3 Å². The van der Waals surface area contributed by atoms with Crippen LogP contribution in [0.25, 0.3) is 58.5 Å². The summed E-state index contributed by atoms with van der Waals surface area (Å²) in [7, 11) is 0. The molecule has 7 rings (SSSR count). The summed E-state index contributed by atoms with van der Waals surface area (Å²) in [5.74, 6) is 0. The second-order valence-corrected chi connectivity index (χ2v) is 9.38. The maximum atomic E-state index is 10.3. The molecule has 0 radical (unpaired) electrons. The molecular formula is C30H16N4S. The zero-order valence-electron chi connectivity index (χ0n) is 18.4. The van der Waals surface area contributed by atoms with Gasteiger partial charge in [-0.1, -0.05) is 72.8 Å². The van der Waals surface area contributed by atoms with Gasteiger partial charge in [0, 0.05) is 21.5 Å². The molecule has 35 heavy (non-hydrogen) atoms. The minimum absolute atomic E-state index is 0.390. The van der Waals surface area contributed by atoms with Gasteiger partial charge in [-0.2, -0.15) is 5.26 Å². The van der Waals surface area contributed by atoms with Gasteiger partial charge in [0.2, 0.25) is 5.69 Å². The third kappa shape index (κ3) is 2.59. The number of para-hydroxylation sites is 4. The summed E-state index contributed by atoms with van der Waals surface area (Å²) in [6.07, 6.45) is 0. The van der Waals surface area contributed by atoms with Crippen LogP contribution in [-0.4, -0.2) is 9.13 Å². The SMILES string of the molecule is [C-]#[N+]c1c(-n2c3ccccc3c3ccccc32)sc(-n2c3ccccc3c3ccccc32)c1C#N. The van der Waals surface area contributed by atoms with E-state index in [-0.39, 0.29) is 0 Å². The molecule has 3 heterocycles. The highest BCUT2D eigenvalue weighted by atomic mass is 32.1. The summed E-state index contributed by atoms with van der Waals surface area (Å²) in [6.45, 7) is 8.07. The third-order valence-electron chi connectivity index (χ3n) is 6.64. The number of thiophene rings is 1. The van der Waals surface area contributed by atoms with Crippen molar-refractivity contribution in [3.8, 4) is 16.1 Å². The molecule has 0 saturated heterocycles. The van der Waals surface area contributed by atoms with Crippen LogP contribution in [0.4, 0.5) is 5.69 Å². The molecule has 0 amide bonds. The molecule has 7 aromatic rings. The molecule has 0 fully saturated rings. The molecule has 0 aliphatic rings. The van der Waals surface area contributed by atoms with E-state index < -0.39 is 0 Å². The van der Waals surface area contributed by atoms with Crippen LogP contribution in [0.5, 0.6) is 0 Å². The minimum atomic E-state index is 0.390. The van der Waals surface area contributed by atoms with Crippen LogP contribution in [0, 0.1) is 17.9 Å². The van der Waals surface area contributed by atoms with Crippen LogP contribution in [0.2, 0.25) is 0 Å². The van der Waals surface area contributed by atoms with Gasteiger partial charge in [-0.3, -0.25) is 0 Å². The van der Waals surface area contributed by atoms with Crippen molar-refractivity contribution in [1.82, 2.24) is 9.13 Å². The van der Waals surface area contributed by atoms with Gasteiger partial charge in [0.15, 0.2) is 0 Å². The predicted molar refractivity (Wildman–Crippen MR) is 144 cm³/mol. The lowest BCUT2D eigenvalue weighted by Crippen LogP contribution is -1.92. The average Bonchev–Trinajstić information content (AvgIpc) is 3.55. The highest BCUT2D eigenvalue weighted by molar-refractivity contribution is 7.18. The van der Waals surface area contributed by atoms with Crippen molar-refractivity contribution < 1.29 is 0 Å². The van der Waals surface area contributed by atoms with E-state index >= 15 is 0 Å². The standard InChI is InChI=1S/C30H16N4S/c1-32-28-23(18-31)29(33-24-14-6-2-10-19(24)20-11-3-7-15-25(20)33)35-30(28)34-26-16-8-4-12-21(26)22-13-5-9-17-27(22)34/h2-17H. The van der Waals surface area contributed by atoms with Crippen molar-refractivity contribution >= 4 is 60.6 Å². The Bertz CT molecular complexity index is 1790. The molecule has 0 unspecified atom stereocenters. The third-order valence-corrected chi connectivity index (χ3v) is 7.79. The van der Waals surface area contributed by atoms with Crippen LogP contribution in [0.15, 0.2) is 97.1 Å². The quantitative estimate of drug-likeness (QED) is 0.237. The molecule has 0 spiro atoms. The summed E-state index contributed by atoms with van der Waals surface area (Å²) in [4.78, 5) is 3.91. The predicted octanol–water partition coefficient (Wildman–Crippen LogP) is 8.36. The molecular weight excluding hydrogens is 448 g/mol. The molecule has 4 aromatic carbocycles. The lowest BCUT2D eigenvalue weighted by molar-refractivity contribution is 1.21. The van der Waals surface area contributed by atoms with Crippen LogP contribution in [-0.2, 0) is 0 Å². The first-order valence-corrected chi connectivity index (χ1v) is 12.0. The Morgan fingerprint density at radius 1 is 0.600 bits per heavy atom. The molecule has 4 nitrogen and oxygen atoms in total. The van der Waals surface area contributed by atoms with Crippen molar-refractivity contribution in [3.05, 3.63) is 114 Å². The molecule has 0 atom stereocenters. The second-order valence-electron chi connectivity index (χ2n) is 8.40. The van der Waals surface area contributed by atoms with Gasteiger partial charge < -0.3 is 9.13 Å².